The first-order chi connectivity index (χ1) is 9.94. The van der Waals surface area contributed by atoms with Crippen molar-refractivity contribution in [3.05, 3.63) is 40.6 Å². The van der Waals surface area contributed by atoms with Crippen molar-refractivity contribution in [2.75, 3.05) is 10.6 Å². The average Bonchev–Trinajstić information content (AvgIpc) is 2.79. The van der Waals surface area contributed by atoms with E-state index in [9.17, 15) is 9.59 Å². The van der Waals surface area contributed by atoms with Gasteiger partial charge in [-0.1, -0.05) is 22.8 Å². The Kier molecular flexibility index (Phi) is 4.59. The quantitative estimate of drug-likeness (QED) is 0.851. The highest BCUT2D eigenvalue weighted by molar-refractivity contribution is 6.31. The molecule has 0 radical (unpaired) electrons. The topological polar surface area (TPSA) is 84.2 Å². The van der Waals surface area contributed by atoms with Gasteiger partial charge in [0.1, 0.15) is 12.2 Å². The average molecular weight is 308 g/mol. The van der Waals surface area contributed by atoms with Gasteiger partial charge >= 0.3 is 0 Å². The van der Waals surface area contributed by atoms with Gasteiger partial charge in [0.05, 0.1) is 0 Å². The van der Waals surface area contributed by atoms with Gasteiger partial charge in [-0.05, 0) is 31.5 Å². The molecule has 1 heterocycles. The molecule has 1 aromatic heterocycles. The predicted molar refractivity (Wildman–Crippen MR) is 79.3 cm³/mol. The fraction of sp³-hybridized carbons (Fsp3) is 0.214. The number of amides is 2. The van der Waals surface area contributed by atoms with Gasteiger partial charge in [0.2, 0.25) is 11.8 Å². The molecule has 110 valence electrons. The molecule has 0 fully saturated rings. The van der Waals surface area contributed by atoms with Gasteiger partial charge < -0.3 is 15.2 Å². The molecular weight excluding hydrogens is 294 g/mol. The molecule has 0 aliphatic carbocycles. The van der Waals surface area contributed by atoms with Gasteiger partial charge in [-0.2, -0.15) is 0 Å². The van der Waals surface area contributed by atoms with Crippen molar-refractivity contribution in [2.24, 2.45) is 0 Å². The second-order valence-corrected chi connectivity index (χ2v) is 4.99. The third kappa shape index (κ3) is 4.32. The molecule has 0 aliphatic heterocycles. The summed E-state index contributed by atoms with van der Waals surface area (Å²) in [6.07, 6.45) is -0.322. The van der Waals surface area contributed by atoms with Crippen LogP contribution >= 0.6 is 11.6 Å². The molecule has 0 saturated heterocycles. The van der Waals surface area contributed by atoms with Crippen LogP contribution in [0.4, 0.5) is 11.5 Å². The molecule has 2 aromatic rings. The Morgan fingerprint density at radius 1 is 1.19 bits per heavy atom. The van der Waals surface area contributed by atoms with E-state index in [1.807, 2.05) is 6.92 Å². The highest BCUT2D eigenvalue weighted by Gasteiger charge is 2.12. The highest BCUT2D eigenvalue weighted by Crippen LogP contribution is 2.20. The van der Waals surface area contributed by atoms with Crippen LogP contribution in [0, 0.1) is 13.8 Å². The third-order valence-electron chi connectivity index (χ3n) is 2.69. The zero-order chi connectivity index (χ0) is 15.4. The lowest BCUT2D eigenvalue weighted by Gasteiger charge is -2.08. The maximum Gasteiger partial charge on any atom is 0.235 e. The number of halogens is 1. The predicted octanol–water partition coefficient (Wildman–Crippen LogP) is 2.91. The fourth-order valence-electron chi connectivity index (χ4n) is 1.68. The fourth-order valence-corrected chi connectivity index (χ4v) is 1.85. The van der Waals surface area contributed by atoms with E-state index in [2.05, 4.69) is 15.8 Å². The first kappa shape index (κ1) is 15.1. The monoisotopic (exact) mass is 307 g/mol. The maximum atomic E-state index is 11.8. The summed E-state index contributed by atoms with van der Waals surface area (Å²) < 4.78 is 4.81. The molecule has 7 heteroatoms. The summed E-state index contributed by atoms with van der Waals surface area (Å²) in [5.41, 5.74) is 1.44. The van der Waals surface area contributed by atoms with Gasteiger partial charge in [0, 0.05) is 16.8 Å². The van der Waals surface area contributed by atoms with Crippen molar-refractivity contribution < 1.29 is 14.1 Å². The van der Waals surface area contributed by atoms with Crippen molar-refractivity contribution in [2.45, 2.75) is 20.3 Å². The molecule has 6 nitrogen and oxygen atoms in total. The second-order valence-electron chi connectivity index (χ2n) is 4.56. The number of carbonyl (C=O) groups excluding carboxylic acids is 2. The van der Waals surface area contributed by atoms with Gasteiger partial charge in [-0.25, -0.2) is 0 Å². The number of aromatic nitrogens is 1. The maximum absolute atomic E-state index is 11.8. The van der Waals surface area contributed by atoms with E-state index in [1.165, 1.54) is 0 Å². The molecule has 2 rings (SSSR count). The second kappa shape index (κ2) is 6.41. The zero-order valence-corrected chi connectivity index (χ0v) is 12.3. The van der Waals surface area contributed by atoms with Crippen molar-refractivity contribution in [3.63, 3.8) is 0 Å². The number of nitrogens with zero attached hydrogens (tertiary/aromatic N) is 1. The number of hydrogen-bond donors (Lipinski definition) is 2. The lowest BCUT2D eigenvalue weighted by atomic mass is 10.2. The molecule has 0 aliphatic rings. The van der Waals surface area contributed by atoms with E-state index < -0.39 is 11.8 Å². The van der Waals surface area contributed by atoms with Crippen LogP contribution in [0.5, 0.6) is 0 Å². The Hall–Kier alpha value is -2.34. The Labute approximate surface area is 126 Å². The molecule has 21 heavy (non-hydrogen) atoms. The van der Waals surface area contributed by atoms with Crippen molar-refractivity contribution in [1.82, 2.24) is 5.16 Å². The largest absolute Gasteiger partial charge is 0.360 e. The summed E-state index contributed by atoms with van der Waals surface area (Å²) in [4.78, 5) is 23.5. The molecule has 2 N–H and O–H groups in total. The van der Waals surface area contributed by atoms with Gasteiger partial charge in [-0.3, -0.25) is 9.59 Å². The SMILES string of the molecule is Cc1cc(NC(=O)CC(=O)Nc2cc(Cl)ccc2C)no1. The molecule has 2 amide bonds. The molecular formula is C14H14ClN3O3. The molecule has 1 aromatic carbocycles. The number of rotatable bonds is 4. The number of aryl methyl sites for hydroxylation is 2. The van der Waals surface area contributed by atoms with E-state index in [1.54, 1.807) is 31.2 Å². The van der Waals surface area contributed by atoms with Gasteiger partial charge in [-0.15, -0.1) is 0 Å². The number of carbonyl (C=O) groups is 2. The van der Waals surface area contributed by atoms with Crippen LogP contribution in [-0.2, 0) is 9.59 Å². The first-order valence-corrected chi connectivity index (χ1v) is 6.61. The highest BCUT2D eigenvalue weighted by atomic mass is 35.5. The Balaban J connectivity index is 1.92. The molecule has 0 bridgehead atoms. The minimum absolute atomic E-state index is 0.282. The van der Waals surface area contributed by atoms with Crippen molar-refractivity contribution in [3.8, 4) is 0 Å². The minimum atomic E-state index is -0.472. The Bertz CT molecular complexity index is 682. The van der Waals surface area contributed by atoms with E-state index in [0.29, 0.717) is 16.5 Å². The van der Waals surface area contributed by atoms with Gasteiger partial charge in [0.25, 0.3) is 0 Å². The van der Waals surface area contributed by atoms with Crippen LogP contribution in [0.15, 0.2) is 28.8 Å². The van der Waals surface area contributed by atoms with E-state index in [-0.39, 0.29) is 12.2 Å². The summed E-state index contributed by atoms with van der Waals surface area (Å²) in [5, 5.41) is 9.25. The van der Waals surface area contributed by atoms with E-state index >= 15 is 0 Å². The molecule has 0 unspecified atom stereocenters. The van der Waals surface area contributed by atoms with Crippen LogP contribution in [0.2, 0.25) is 5.02 Å². The number of hydrogen-bond acceptors (Lipinski definition) is 4. The normalized spacial score (nSPS) is 10.2. The number of nitrogens with one attached hydrogen (secondary N) is 2. The van der Waals surface area contributed by atoms with E-state index in [0.717, 1.165) is 5.56 Å². The molecule has 0 saturated carbocycles. The van der Waals surface area contributed by atoms with Crippen molar-refractivity contribution in [1.29, 1.82) is 0 Å². The van der Waals surface area contributed by atoms with Gasteiger partial charge in [0.15, 0.2) is 5.82 Å². The zero-order valence-electron chi connectivity index (χ0n) is 11.6. The first-order valence-electron chi connectivity index (χ1n) is 6.23. The lowest BCUT2D eigenvalue weighted by molar-refractivity contribution is -0.123. The summed E-state index contributed by atoms with van der Waals surface area (Å²) in [7, 11) is 0. The third-order valence-corrected chi connectivity index (χ3v) is 2.93. The standard InChI is InChI=1S/C14H14ClN3O3/c1-8-3-4-10(15)6-11(8)16-13(19)7-14(20)17-12-5-9(2)21-18-12/h3-6H,7H2,1-2H3,(H,16,19)(H,17,18,20). The summed E-state index contributed by atoms with van der Waals surface area (Å²) in [5.74, 6) is -0.0490. The van der Waals surface area contributed by atoms with Crippen LogP contribution < -0.4 is 10.6 Å². The summed E-state index contributed by atoms with van der Waals surface area (Å²) >= 11 is 5.87. The smallest absolute Gasteiger partial charge is 0.235 e. The molecule has 0 spiro atoms. The van der Waals surface area contributed by atoms with Crippen LogP contribution in [0.1, 0.15) is 17.7 Å². The summed E-state index contributed by atoms with van der Waals surface area (Å²) in [6, 6.07) is 6.72. The van der Waals surface area contributed by atoms with E-state index in [4.69, 9.17) is 16.1 Å². The van der Waals surface area contributed by atoms with Crippen LogP contribution in [0.25, 0.3) is 0 Å². The number of benzene rings is 1. The van der Waals surface area contributed by atoms with Crippen molar-refractivity contribution >= 4 is 34.9 Å². The Morgan fingerprint density at radius 3 is 2.57 bits per heavy atom. The van der Waals surface area contributed by atoms with Crippen LogP contribution in [0.3, 0.4) is 0 Å². The minimum Gasteiger partial charge on any atom is -0.360 e. The molecule has 0 atom stereocenters. The van der Waals surface area contributed by atoms with Crippen LogP contribution in [-0.4, -0.2) is 17.0 Å². The lowest BCUT2D eigenvalue weighted by Crippen LogP contribution is -2.21. The summed E-state index contributed by atoms with van der Waals surface area (Å²) in [6.45, 7) is 3.54. The number of anilines is 2. The Morgan fingerprint density at radius 2 is 1.90 bits per heavy atom.